The maximum absolute atomic E-state index is 15.1. The smallest absolute Gasteiger partial charge is 0.411 e. The second kappa shape index (κ2) is 9.86. The average Bonchev–Trinajstić information content (AvgIpc) is 3.56. The van der Waals surface area contributed by atoms with E-state index < -0.39 is 29.5 Å². The molecule has 38 heavy (non-hydrogen) atoms. The molecule has 5 rings (SSSR count). The Kier molecular flexibility index (Phi) is 6.72. The van der Waals surface area contributed by atoms with Gasteiger partial charge in [0, 0.05) is 18.0 Å². The monoisotopic (exact) mass is 518 g/mol. The second-order valence-corrected chi connectivity index (χ2v) is 11.5. The molecule has 2 aliphatic heterocycles. The highest BCUT2D eigenvalue weighted by Gasteiger charge is 2.52. The number of esters is 1. The van der Waals surface area contributed by atoms with Crippen LogP contribution in [0.2, 0.25) is 0 Å². The first-order valence-electron chi connectivity index (χ1n) is 13.1. The van der Waals surface area contributed by atoms with Crippen LogP contribution in [-0.2, 0) is 27.2 Å². The largest absolute Gasteiger partial charge is 0.444 e. The molecule has 1 saturated heterocycles. The van der Waals surface area contributed by atoms with Gasteiger partial charge in [-0.05, 0) is 87.3 Å². The number of amides is 1. The second-order valence-electron chi connectivity index (χ2n) is 11.5. The van der Waals surface area contributed by atoms with Crippen LogP contribution in [-0.4, -0.2) is 40.4 Å². The molecular weight excluding hydrogens is 487 g/mol. The van der Waals surface area contributed by atoms with Crippen LogP contribution in [0.1, 0.15) is 57.6 Å². The number of carbonyl (C=O) groups excluding carboxylic acids is 3. The van der Waals surface area contributed by atoms with E-state index in [1.165, 1.54) is 6.07 Å². The first-order valence-corrected chi connectivity index (χ1v) is 13.1. The zero-order valence-corrected chi connectivity index (χ0v) is 21.8. The number of ether oxygens (including phenoxy) is 2. The minimum absolute atomic E-state index is 0.0155. The topological polar surface area (TPSA) is 96.7 Å². The highest BCUT2D eigenvalue weighted by Crippen LogP contribution is 2.44. The van der Waals surface area contributed by atoms with Crippen LogP contribution in [0, 0.1) is 29.0 Å². The van der Waals surface area contributed by atoms with Crippen LogP contribution >= 0.6 is 0 Å². The lowest BCUT2D eigenvalue weighted by molar-refractivity contribution is -0.132. The number of hydrogen-bond acceptors (Lipinski definition) is 6. The molecule has 1 amide bonds. The van der Waals surface area contributed by atoms with Gasteiger partial charge in [-0.15, -0.1) is 0 Å². The Bertz CT molecular complexity index is 1340. The number of piperidine rings is 1. The Labute approximate surface area is 221 Å². The summed E-state index contributed by atoms with van der Waals surface area (Å²) in [5.74, 6) is -1.05. The molecule has 0 N–H and O–H groups in total. The predicted octanol–water partition coefficient (Wildman–Crippen LogP) is 5.38. The molecule has 0 aromatic heterocycles. The maximum Gasteiger partial charge on any atom is 0.411 e. The zero-order chi connectivity index (χ0) is 27.2. The van der Waals surface area contributed by atoms with E-state index >= 15 is 4.39 Å². The summed E-state index contributed by atoms with van der Waals surface area (Å²) in [5, 5.41) is 9.80. The third-order valence-corrected chi connectivity index (χ3v) is 7.62. The van der Waals surface area contributed by atoms with Gasteiger partial charge >= 0.3 is 12.1 Å². The van der Waals surface area contributed by atoms with Crippen LogP contribution < -0.4 is 4.74 Å². The van der Waals surface area contributed by atoms with E-state index in [0.29, 0.717) is 16.9 Å². The maximum atomic E-state index is 15.1. The molecule has 198 valence electrons. The van der Waals surface area contributed by atoms with Crippen molar-refractivity contribution in [3.63, 3.8) is 0 Å². The molecule has 0 spiro atoms. The van der Waals surface area contributed by atoms with Crippen LogP contribution in [0.3, 0.4) is 0 Å². The predicted molar refractivity (Wildman–Crippen MR) is 137 cm³/mol. The Morgan fingerprint density at radius 2 is 1.92 bits per heavy atom. The van der Waals surface area contributed by atoms with E-state index in [1.807, 2.05) is 6.07 Å². The van der Waals surface area contributed by atoms with E-state index in [0.717, 1.165) is 30.4 Å². The van der Waals surface area contributed by atoms with Gasteiger partial charge in [-0.1, -0.05) is 18.2 Å². The van der Waals surface area contributed by atoms with E-state index in [9.17, 15) is 19.6 Å². The zero-order valence-electron chi connectivity index (χ0n) is 21.8. The summed E-state index contributed by atoms with van der Waals surface area (Å²) in [6, 6.07) is 11.7. The highest BCUT2D eigenvalue weighted by molar-refractivity contribution is 5.89. The van der Waals surface area contributed by atoms with Gasteiger partial charge in [-0.3, -0.25) is 14.5 Å². The number of likely N-dealkylation sites (tertiary alicyclic amines) is 1. The number of halogens is 1. The standard InChI is InChI=1S/C30H31FN2O5/c1-30(2,3)38-29(36)33-23-8-6-21(13-23)28(33)25(34)11-17(16-32)10-20-5-4-19(14-24(20)31)18-7-9-26-22(12-18)15-27(35)37-26/h4-5,7,9,12,14,17,21,23,28H,6,8,10-11,13,15H2,1-3H3/t17-,21+,23-,28+/m1/s1. The number of carbonyl (C=O) groups is 3. The third kappa shape index (κ3) is 5.15. The average molecular weight is 519 g/mol. The summed E-state index contributed by atoms with van der Waals surface area (Å²) < 4.78 is 25.8. The first kappa shape index (κ1) is 25.9. The fraction of sp³-hybridized carbons (Fsp3) is 0.467. The van der Waals surface area contributed by atoms with Crippen LogP contribution in [0.25, 0.3) is 11.1 Å². The van der Waals surface area contributed by atoms with Crippen molar-refractivity contribution in [3.8, 4) is 22.9 Å². The van der Waals surface area contributed by atoms with E-state index in [1.54, 1.807) is 49.9 Å². The van der Waals surface area contributed by atoms with Gasteiger partial charge in [0.25, 0.3) is 0 Å². The summed E-state index contributed by atoms with van der Waals surface area (Å²) >= 11 is 0. The molecule has 8 heteroatoms. The van der Waals surface area contributed by atoms with Crippen molar-refractivity contribution in [1.29, 1.82) is 5.26 Å². The number of ketones is 1. The van der Waals surface area contributed by atoms with Crippen molar-refractivity contribution < 1.29 is 28.2 Å². The molecule has 0 radical (unpaired) electrons. The fourth-order valence-electron chi connectivity index (χ4n) is 5.98. The number of nitriles is 1. The number of rotatable bonds is 6. The minimum atomic E-state index is -0.717. The number of Topliss-reactive ketones (excluding diaryl/α,β-unsaturated/α-hetero) is 1. The lowest BCUT2D eigenvalue weighted by atomic mass is 9.87. The van der Waals surface area contributed by atoms with Crippen molar-refractivity contribution in [1.82, 2.24) is 4.90 Å². The summed E-state index contributed by atoms with van der Waals surface area (Å²) in [5.41, 5.74) is 1.85. The summed E-state index contributed by atoms with van der Waals surface area (Å²) in [4.78, 5) is 39.4. The first-order chi connectivity index (χ1) is 18.0. The van der Waals surface area contributed by atoms with Gasteiger partial charge in [0.2, 0.25) is 0 Å². The SMILES string of the molecule is CC(C)(C)OC(=O)N1[C@@H]2CC[C@@H](C2)[C@H]1C(=O)C[C@H](C#N)Cc1ccc(-c2ccc3c(c2)CC(=O)O3)cc1F. The van der Waals surface area contributed by atoms with Crippen molar-refractivity contribution in [2.24, 2.45) is 11.8 Å². The number of benzene rings is 2. The van der Waals surface area contributed by atoms with Crippen LogP contribution in [0.5, 0.6) is 5.75 Å². The molecule has 3 aliphatic rings. The van der Waals surface area contributed by atoms with Crippen LogP contribution in [0.4, 0.5) is 9.18 Å². The molecule has 7 nitrogen and oxygen atoms in total. The lowest BCUT2D eigenvalue weighted by Crippen LogP contribution is -2.51. The van der Waals surface area contributed by atoms with Gasteiger partial charge in [-0.2, -0.15) is 5.26 Å². The molecule has 2 bridgehead atoms. The van der Waals surface area contributed by atoms with Crippen molar-refractivity contribution in [3.05, 3.63) is 53.3 Å². The summed E-state index contributed by atoms with van der Waals surface area (Å²) in [6.07, 6.45) is 2.23. The Morgan fingerprint density at radius 1 is 1.18 bits per heavy atom. The quantitative estimate of drug-likeness (QED) is 0.376. The molecule has 2 fully saturated rings. The van der Waals surface area contributed by atoms with Crippen molar-refractivity contribution in [2.75, 3.05) is 0 Å². The third-order valence-electron chi connectivity index (χ3n) is 7.62. The molecule has 4 atom stereocenters. The lowest BCUT2D eigenvalue weighted by Gasteiger charge is -2.35. The van der Waals surface area contributed by atoms with Gasteiger partial charge < -0.3 is 9.47 Å². The molecule has 1 saturated carbocycles. The van der Waals surface area contributed by atoms with E-state index in [-0.39, 0.29) is 43.0 Å². The highest BCUT2D eigenvalue weighted by atomic mass is 19.1. The Morgan fingerprint density at radius 3 is 2.63 bits per heavy atom. The Balaban J connectivity index is 1.27. The van der Waals surface area contributed by atoms with E-state index in [2.05, 4.69) is 6.07 Å². The molecular formula is C30H31FN2O5. The minimum Gasteiger partial charge on any atom is -0.444 e. The van der Waals surface area contributed by atoms with Gasteiger partial charge in [0.15, 0.2) is 5.78 Å². The van der Waals surface area contributed by atoms with Crippen molar-refractivity contribution >= 4 is 17.8 Å². The van der Waals surface area contributed by atoms with Gasteiger partial charge in [0.05, 0.1) is 24.4 Å². The molecule has 2 aromatic carbocycles. The number of hydrogen-bond donors (Lipinski definition) is 0. The van der Waals surface area contributed by atoms with Gasteiger partial charge in [-0.25, -0.2) is 9.18 Å². The number of fused-ring (bicyclic) bond motifs is 3. The summed E-state index contributed by atoms with van der Waals surface area (Å²) in [7, 11) is 0. The Hall–Kier alpha value is -3.73. The summed E-state index contributed by atoms with van der Waals surface area (Å²) in [6.45, 7) is 5.38. The molecule has 2 aromatic rings. The van der Waals surface area contributed by atoms with E-state index in [4.69, 9.17) is 9.47 Å². The van der Waals surface area contributed by atoms with Crippen LogP contribution in [0.15, 0.2) is 36.4 Å². The van der Waals surface area contributed by atoms with Crippen molar-refractivity contribution in [2.45, 2.75) is 77.0 Å². The molecule has 2 heterocycles. The van der Waals surface area contributed by atoms with Gasteiger partial charge in [0.1, 0.15) is 17.2 Å². The number of nitrogens with zero attached hydrogens (tertiary/aromatic N) is 2. The normalized spacial score (nSPS) is 22.6. The molecule has 1 aliphatic carbocycles. The molecule has 0 unspecified atom stereocenters. The fourth-order valence-corrected chi connectivity index (χ4v) is 5.98.